The van der Waals surface area contributed by atoms with Gasteiger partial charge in [-0.1, -0.05) is 24.3 Å². The van der Waals surface area contributed by atoms with Gasteiger partial charge in [-0.2, -0.15) is 0 Å². The number of aliphatic carboxylic acids is 1. The number of para-hydroxylation sites is 4. The fraction of sp³-hybridized carbons (Fsp3) is 0.167. The molecule has 136 valence electrons. The fourth-order valence-corrected chi connectivity index (χ4v) is 2.03. The number of carboxylic acids is 1. The van der Waals surface area contributed by atoms with E-state index in [-0.39, 0.29) is 52.6 Å². The molecule has 2 rings (SSSR count). The van der Waals surface area contributed by atoms with Gasteiger partial charge in [-0.25, -0.2) is 0 Å². The predicted octanol–water partition coefficient (Wildman–Crippen LogP) is -2.42. The molecule has 0 heterocycles. The number of carbonyl (C=O) groups excluding carboxylic acids is 3. The first-order chi connectivity index (χ1) is 12.5. The van der Waals surface area contributed by atoms with Crippen LogP contribution in [0.25, 0.3) is 0 Å². The zero-order valence-corrected chi connectivity index (χ0v) is 17.0. The monoisotopic (exact) mass is 382 g/mol. The van der Waals surface area contributed by atoms with Gasteiger partial charge < -0.3 is 28.8 Å². The number of hydrogen-bond acceptors (Lipinski definition) is 8. The van der Waals surface area contributed by atoms with Crippen LogP contribution in [-0.4, -0.2) is 32.1 Å². The van der Waals surface area contributed by atoms with Crippen molar-refractivity contribution < 1.29 is 68.0 Å². The third-order valence-electron chi connectivity index (χ3n) is 3.27. The van der Waals surface area contributed by atoms with Gasteiger partial charge in [0, 0.05) is 0 Å². The topological polar surface area (TPSA) is 111 Å². The normalized spacial score (nSPS) is 9.74. The number of rotatable bonds is 7. The van der Waals surface area contributed by atoms with Gasteiger partial charge in [-0.15, -0.1) is 0 Å². The van der Waals surface area contributed by atoms with E-state index in [1.165, 1.54) is 38.5 Å². The first kappa shape index (κ1) is 22.5. The summed E-state index contributed by atoms with van der Waals surface area (Å²) in [5.74, 6) is -6.68. The van der Waals surface area contributed by atoms with Crippen molar-refractivity contribution in [2.75, 3.05) is 14.2 Å². The molecule has 0 radical (unpaired) electrons. The first-order valence-corrected chi connectivity index (χ1v) is 7.38. The third-order valence-corrected chi connectivity index (χ3v) is 3.27. The molecule has 27 heavy (non-hydrogen) atoms. The Bertz CT molecular complexity index is 759. The van der Waals surface area contributed by atoms with Crippen LogP contribution in [0.5, 0.6) is 23.0 Å². The van der Waals surface area contributed by atoms with E-state index in [2.05, 4.69) is 0 Å². The van der Waals surface area contributed by atoms with Crippen LogP contribution in [0.1, 0.15) is 0 Å². The van der Waals surface area contributed by atoms with Crippen LogP contribution in [0.15, 0.2) is 48.5 Å². The summed E-state index contributed by atoms with van der Waals surface area (Å²) < 4.78 is 19.9. The van der Waals surface area contributed by atoms with Gasteiger partial charge in [0.05, 0.1) is 20.2 Å². The number of hydrogen-bond donors (Lipinski definition) is 0. The Balaban J connectivity index is 0.00000364. The molecular weight excluding hydrogens is 367 g/mol. The smallest absolute Gasteiger partial charge is 0.549 e. The van der Waals surface area contributed by atoms with Gasteiger partial charge in [0.25, 0.3) is 0 Å². The van der Waals surface area contributed by atoms with E-state index < -0.39 is 23.8 Å². The van der Waals surface area contributed by atoms with E-state index in [0.717, 1.165) is 0 Å². The number of benzene rings is 2. The van der Waals surface area contributed by atoms with E-state index in [4.69, 9.17) is 18.9 Å². The van der Waals surface area contributed by atoms with Crippen molar-refractivity contribution in [1.29, 1.82) is 0 Å². The molecule has 0 bridgehead atoms. The van der Waals surface area contributed by atoms with Crippen molar-refractivity contribution in [2.45, 2.75) is 0 Å². The van der Waals surface area contributed by atoms with E-state index in [9.17, 15) is 19.5 Å². The molecule has 8 nitrogen and oxygen atoms in total. The second kappa shape index (κ2) is 10.6. The number of ether oxygens (including phenoxy) is 4. The molecule has 0 aliphatic heterocycles. The van der Waals surface area contributed by atoms with E-state index in [1.807, 2.05) is 0 Å². The average molecular weight is 382 g/mol. The summed E-state index contributed by atoms with van der Waals surface area (Å²) in [7, 11) is 2.69. The molecule has 0 atom stereocenters. The maximum atomic E-state index is 12.2. The van der Waals surface area contributed by atoms with Crippen molar-refractivity contribution in [1.82, 2.24) is 0 Å². The van der Waals surface area contributed by atoms with E-state index in [0.29, 0.717) is 0 Å². The summed E-state index contributed by atoms with van der Waals surface area (Å²) in [6, 6.07) is 12.1. The molecule has 0 aliphatic carbocycles. The standard InChI is InChI=1S/C18H16O8.Na/c1-23-11-7-3-5-9-13(11)25-17(21)15(16(19)20)18(22)26-14-10-6-4-8-12(14)24-2;/h3-10,15H,1-2H3,(H,19,20);/q;+1/p-1. The maximum absolute atomic E-state index is 12.2. The minimum atomic E-state index is -2.29. The van der Waals surface area contributed by atoms with Gasteiger partial charge in [0.1, 0.15) is 0 Å². The number of carboxylic acid groups (broad SMARTS) is 1. The molecule has 2 aromatic carbocycles. The molecular formula is C18H15NaO8. The summed E-state index contributed by atoms with van der Waals surface area (Å²) in [5.41, 5.74) is 0. The zero-order chi connectivity index (χ0) is 19.1. The predicted molar refractivity (Wildman–Crippen MR) is 85.8 cm³/mol. The maximum Gasteiger partial charge on any atom is 1.00 e. The Morgan fingerprint density at radius 1 is 0.741 bits per heavy atom. The molecule has 0 aromatic heterocycles. The summed E-state index contributed by atoms with van der Waals surface area (Å²) in [4.78, 5) is 35.7. The van der Waals surface area contributed by atoms with Crippen LogP contribution in [-0.2, 0) is 14.4 Å². The zero-order valence-electron chi connectivity index (χ0n) is 15.0. The molecule has 0 fully saturated rings. The van der Waals surface area contributed by atoms with Crippen molar-refractivity contribution in [3.8, 4) is 23.0 Å². The van der Waals surface area contributed by atoms with Gasteiger partial charge >= 0.3 is 41.5 Å². The van der Waals surface area contributed by atoms with Crippen molar-refractivity contribution in [2.24, 2.45) is 5.92 Å². The second-order valence-electron chi connectivity index (χ2n) is 4.90. The van der Waals surface area contributed by atoms with Crippen molar-refractivity contribution >= 4 is 17.9 Å². The Labute approximate surface area is 177 Å². The van der Waals surface area contributed by atoms with Crippen molar-refractivity contribution in [3.63, 3.8) is 0 Å². The molecule has 9 heteroatoms. The van der Waals surface area contributed by atoms with Crippen LogP contribution in [0.4, 0.5) is 0 Å². The average Bonchev–Trinajstić information content (AvgIpc) is 2.62. The number of esters is 2. The third kappa shape index (κ3) is 5.72. The largest absolute Gasteiger partial charge is 1.00 e. The van der Waals surface area contributed by atoms with Crippen LogP contribution in [0.3, 0.4) is 0 Å². The van der Waals surface area contributed by atoms with Gasteiger partial charge in [-0.3, -0.25) is 9.59 Å². The molecule has 0 saturated heterocycles. The second-order valence-corrected chi connectivity index (χ2v) is 4.90. The summed E-state index contributed by atoms with van der Waals surface area (Å²) in [5, 5.41) is 11.3. The van der Waals surface area contributed by atoms with E-state index >= 15 is 0 Å². The summed E-state index contributed by atoms with van der Waals surface area (Å²) >= 11 is 0. The van der Waals surface area contributed by atoms with Crippen LogP contribution in [0.2, 0.25) is 0 Å². The molecule has 0 unspecified atom stereocenters. The number of carbonyl (C=O) groups is 3. The molecule has 0 amide bonds. The fourth-order valence-electron chi connectivity index (χ4n) is 2.03. The van der Waals surface area contributed by atoms with E-state index in [1.54, 1.807) is 24.3 Å². The molecule has 0 spiro atoms. The molecule has 2 aromatic rings. The quantitative estimate of drug-likeness (QED) is 0.225. The van der Waals surface area contributed by atoms with Crippen LogP contribution in [0, 0.1) is 5.92 Å². The van der Waals surface area contributed by atoms with Gasteiger partial charge in [-0.05, 0) is 24.3 Å². The molecule has 0 aliphatic rings. The van der Waals surface area contributed by atoms with Gasteiger partial charge in [0.2, 0.25) is 0 Å². The Hall–Kier alpha value is -2.55. The van der Waals surface area contributed by atoms with Crippen LogP contribution >= 0.6 is 0 Å². The Morgan fingerprint density at radius 2 is 1.07 bits per heavy atom. The number of methoxy groups -OCH3 is 2. The Morgan fingerprint density at radius 3 is 1.37 bits per heavy atom. The first-order valence-electron chi connectivity index (χ1n) is 7.38. The Kier molecular flexibility index (Phi) is 8.80. The minimum absolute atomic E-state index is 0. The summed E-state index contributed by atoms with van der Waals surface area (Å²) in [6.45, 7) is 0. The molecule has 0 N–H and O–H groups in total. The van der Waals surface area contributed by atoms with Crippen LogP contribution < -0.4 is 53.6 Å². The molecule has 0 saturated carbocycles. The van der Waals surface area contributed by atoms with Gasteiger partial charge in [0.15, 0.2) is 28.9 Å². The summed E-state index contributed by atoms with van der Waals surface area (Å²) in [6.07, 6.45) is 0. The SMILES string of the molecule is COc1ccccc1OC(=O)C(C(=O)[O-])C(=O)Oc1ccccc1OC.[Na+]. The minimum Gasteiger partial charge on any atom is -0.549 e. The van der Waals surface area contributed by atoms with Crippen molar-refractivity contribution in [3.05, 3.63) is 48.5 Å².